The molecule has 0 aromatic carbocycles. The third-order valence-corrected chi connectivity index (χ3v) is 14.6. The second-order valence-electron chi connectivity index (χ2n) is 16.8. The van der Waals surface area contributed by atoms with E-state index < -0.39 is 12.0 Å². The average Bonchev–Trinajstić information content (AvgIpc) is 3.29. The predicted octanol–water partition coefficient (Wildman–Crippen LogP) is 7.46. The van der Waals surface area contributed by atoms with Crippen LogP contribution >= 0.6 is 0 Å². The summed E-state index contributed by atoms with van der Waals surface area (Å²) in [4.78, 5) is 39.1. The minimum absolute atomic E-state index is 0.0651. The van der Waals surface area contributed by atoms with Crippen molar-refractivity contribution in [2.75, 3.05) is 7.11 Å². The monoisotopic (exact) mass is 582 g/mol. The number of ether oxygens (including phenoxy) is 1. The first kappa shape index (κ1) is 31.6. The Bertz CT molecular complexity index is 1150. The molecule has 5 aliphatic carbocycles. The van der Waals surface area contributed by atoms with Gasteiger partial charge in [0.2, 0.25) is 0 Å². The number of amides is 2. The molecule has 0 heterocycles. The number of fused-ring (bicyclic) bond motifs is 7. The van der Waals surface area contributed by atoms with Crippen LogP contribution in [0.3, 0.4) is 0 Å². The summed E-state index contributed by atoms with van der Waals surface area (Å²) in [5.74, 6) is 2.27. The maximum atomic E-state index is 13.6. The van der Waals surface area contributed by atoms with E-state index >= 15 is 0 Å². The number of hydrogen-bond acceptors (Lipinski definition) is 4. The van der Waals surface area contributed by atoms with Crippen LogP contribution in [-0.4, -0.2) is 36.5 Å². The summed E-state index contributed by atoms with van der Waals surface area (Å²) in [5.41, 5.74) is 1.25. The fraction of sp³-hybridized carbons (Fsp3) is 0.861. The highest BCUT2D eigenvalue weighted by atomic mass is 16.5. The summed E-state index contributed by atoms with van der Waals surface area (Å²) in [6, 6.07) is -0.925. The van der Waals surface area contributed by atoms with Crippen LogP contribution in [0.5, 0.6) is 0 Å². The van der Waals surface area contributed by atoms with Gasteiger partial charge in [0, 0.05) is 17.4 Å². The van der Waals surface area contributed by atoms with E-state index in [0.29, 0.717) is 35.4 Å². The number of Topliss-reactive ketones (excluding diaryl/α,β-unsaturated/α-hetero) is 1. The lowest BCUT2D eigenvalue weighted by atomic mass is 9.32. The number of rotatable bonds is 5. The Morgan fingerprint density at radius 3 is 2.21 bits per heavy atom. The van der Waals surface area contributed by atoms with Crippen LogP contribution in [0, 0.1) is 57.2 Å². The Balaban J connectivity index is 1.47. The minimum Gasteiger partial charge on any atom is -0.467 e. The van der Waals surface area contributed by atoms with Crippen molar-refractivity contribution >= 4 is 17.8 Å². The molecule has 5 saturated carbocycles. The number of carbonyl (C=O) groups is 3. The molecule has 10 atom stereocenters. The summed E-state index contributed by atoms with van der Waals surface area (Å²) >= 11 is 0. The Morgan fingerprint density at radius 2 is 1.60 bits per heavy atom. The Labute approximate surface area is 254 Å². The van der Waals surface area contributed by atoms with Gasteiger partial charge in [-0.05, 0) is 116 Å². The molecule has 0 spiro atoms. The van der Waals surface area contributed by atoms with E-state index in [1.165, 1.54) is 31.9 Å². The molecule has 6 heteroatoms. The van der Waals surface area contributed by atoms with Crippen molar-refractivity contribution < 1.29 is 19.1 Å². The quantitative estimate of drug-likeness (QED) is 0.260. The molecule has 6 nitrogen and oxygen atoms in total. The zero-order valence-electron chi connectivity index (χ0n) is 28.0. The maximum absolute atomic E-state index is 13.6. The highest BCUT2D eigenvalue weighted by Crippen LogP contribution is 2.76. The van der Waals surface area contributed by atoms with Gasteiger partial charge in [0.05, 0.1) is 7.11 Å². The van der Waals surface area contributed by atoms with E-state index in [4.69, 9.17) is 4.74 Å². The lowest BCUT2D eigenvalue weighted by Gasteiger charge is -2.72. The molecular formula is C36H58N2O4. The van der Waals surface area contributed by atoms with E-state index in [1.807, 2.05) is 13.8 Å². The van der Waals surface area contributed by atoms with Crippen LogP contribution in [0.1, 0.15) is 120 Å². The lowest BCUT2D eigenvalue weighted by Crippen LogP contribution is -2.69. The molecule has 0 aromatic rings. The van der Waals surface area contributed by atoms with Crippen LogP contribution < -0.4 is 10.6 Å². The second-order valence-corrected chi connectivity index (χ2v) is 16.8. The predicted molar refractivity (Wildman–Crippen MR) is 167 cm³/mol. The molecule has 2 N–H and O–H groups in total. The lowest BCUT2D eigenvalue weighted by molar-refractivity contribution is -0.228. The summed E-state index contributed by atoms with van der Waals surface area (Å²) in [6.07, 6.45) is 10.5. The topological polar surface area (TPSA) is 84.5 Å². The van der Waals surface area contributed by atoms with Crippen molar-refractivity contribution in [3.8, 4) is 0 Å². The third-order valence-electron chi connectivity index (χ3n) is 14.6. The molecule has 42 heavy (non-hydrogen) atoms. The molecular weight excluding hydrogens is 524 g/mol. The SMILES string of the molecule is C=C(C)[C@@H]1CCC2(NC(=O)N[C@@H](C(=O)OC)C(C)C)CC[C@@]3(C)C(CCC4[C@@]5(C)CCC(=O)C(C)(C)C5CC[C@]43C)C12. The van der Waals surface area contributed by atoms with E-state index in [-0.39, 0.29) is 39.1 Å². The molecule has 0 aliphatic heterocycles. The van der Waals surface area contributed by atoms with E-state index in [0.717, 1.165) is 44.9 Å². The molecule has 0 saturated heterocycles. The van der Waals surface area contributed by atoms with Crippen LogP contribution in [0.15, 0.2) is 12.2 Å². The number of urea groups is 1. The molecule has 5 rings (SSSR count). The fourth-order valence-electron chi connectivity index (χ4n) is 12.2. The average molecular weight is 583 g/mol. The van der Waals surface area contributed by atoms with E-state index in [1.54, 1.807) is 0 Å². The fourth-order valence-corrected chi connectivity index (χ4v) is 12.2. The van der Waals surface area contributed by atoms with Crippen molar-refractivity contribution in [2.24, 2.45) is 57.2 Å². The number of carbonyl (C=O) groups excluding carboxylic acids is 3. The van der Waals surface area contributed by atoms with Gasteiger partial charge >= 0.3 is 12.0 Å². The van der Waals surface area contributed by atoms with Gasteiger partial charge in [0.25, 0.3) is 0 Å². The molecule has 5 aliphatic rings. The minimum atomic E-state index is -0.672. The van der Waals surface area contributed by atoms with Crippen LogP contribution in [0.2, 0.25) is 0 Å². The number of nitrogens with one attached hydrogen (secondary N) is 2. The van der Waals surface area contributed by atoms with Crippen LogP contribution in [0.25, 0.3) is 0 Å². The maximum Gasteiger partial charge on any atom is 0.328 e. The summed E-state index contributed by atoms with van der Waals surface area (Å²) in [6.45, 7) is 22.7. The summed E-state index contributed by atoms with van der Waals surface area (Å²) in [7, 11) is 1.37. The van der Waals surface area contributed by atoms with Crippen molar-refractivity contribution in [2.45, 2.75) is 131 Å². The van der Waals surface area contributed by atoms with Gasteiger partial charge in [-0.1, -0.05) is 60.6 Å². The van der Waals surface area contributed by atoms with Crippen molar-refractivity contribution in [1.29, 1.82) is 0 Å². The molecule has 2 amide bonds. The zero-order valence-corrected chi connectivity index (χ0v) is 28.0. The number of hydrogen-bond donors (Lipinski definition) is 2. The zero-order chi connectivity index (χ0) is 31.0. The van der Waals surface area contributed by atoms with Gasteiger partial charge in [-0.15, -0.1) is 0 Å². The van der Waals surface area contributed by atoms with Gasteiger partial charge in [-0.3, -0.25) is 4.79 Å². The Hall–Kier alpha value is -1.85. The largest absolute Gasteiger partial charge is 0.467 e. The number of allylic oxidation sites excluding steroid dienone is 1. The van der Waals surface area contributed by atoms with Crippen molar-refractivity contribution in [3.63, 3.8) is 0 Å². The van der Waals surface area contributed by atoms with Crippen molar-refractivity contribution in [1.82, 2.24) is 10.6 Å². The first-order chi connectivity index (χ1) is 19.5. The molecule has 236 valence electrons. The normalized spacial score (nSPS) is 44.6. The molecule has 5 fully saturated rings. The molecule has 0 radical (unpaired) electrons. The highest BCUT2D eigenvalue weighted by molar-refractivity contribution is 5.85. The van der Waals surface area contributed by atoms with E-state index in [9.17, 15) is 14.4 Å². The smallest absolute Gasteiger partial charge is 0.328 e. The number of methoxy groups -OCH3 is 1. The van der Waals surface area contributed by atoms with Crippen LogP contribution in [-0.2, 0) is 14.3 Å². The first-order valence-electron chi connectivity index (χ1n) is 16.8. The van der Waals surface area contributed by atoms with Gasteiger partial charge in [0.1, 0.15) is 11.8 Å². The van der Waals surface area contributed by atoms with E-state index in [2.05, 4.69) is 58.8 Å². The van der Waals surface area contributed by atoms with Gasteiger partial charge < -0.3 is 15.4 Å². The van der Waals surface area contributed by atoms with Crippen molar-refractivity contribution in [3.05, 3.63) is 12.2 Å². The number of ketones is 1. The van der Waals surface area contributed by atoms with Gasteiger partial charge in [-0.2, -0.15) is 0 Å². The summed E-state index contributed by atoms with van der Waals surface area (Å²) in [5, 5.41) is 6.48. The molecule has 0 aromatic heterocycles. The standard InChI is InChI=1S/C36H58N2O4/c1-21(2)23-13-18-36(38-31(41)37-29(22(3)4)30(40)42-10)20-19-34(8)24(28(23)36)11-12-26-33(7)16-15-27(39)32(5,6)25(33)14-17-35(26,34)9/h22-26,28-29H,1,11-20H2,2-10H3,(H2,37,38,41)/t23-,24?,25?,26?,28?,29+,33-,34-,35+,36?/m0/s1. The second kappa shape index (κ2) is 10.4. The number of esters is 1. The highest BCUT2D eigenvalue weighted by Gasteiger charge is 2.71. The first-order valence-corrected chi connectivity index (χ1v) is 16.8. The van der Waals surface area contributed by atoms with Gasteiger partial charge in [0.15, 0.2) is 0 Å². The third kappa shape index (κ3) is 4.34. The van der Waals surface area contributed by atoms with Gasteiger partial charge in [-0.25, -0.2) is 9.59 Å². The summed E-state index contributed by atoms with van der Waals surface area (Å²) < 4.78 is 5.00. The van der Waals surface area contributed by atoms with Crippen LogP contribution in [0.4, 0.5) is 4.79 Å². The Kier molecular flexibility index (Phi) is 7.79. The Morgan fingerprint density at radius 1 is 0.905 bits per heavy atom. The molecule has 5 unspecified atom stereocenters. The molecule has 0 bridgehead atoms.